The average Bonchev–Trinajstić information content (AvgIpc) is 3.21. The molecule has 0 spiro atoms. The van der Waals surface area contributed by atoms with Crippen molar-refractivity contribution in [1.82, 2.24) is 8.87 Å². The molecule has 1 aromatic heterocycles. The first-order chi connectivity index (χ1) is 18.1. The molecule has 0 aliphatic heterocycles. The SMILES string of the molecule is CCOC(=O)Cn1c(=NC(=O)c2ccc(S(=O)(=O)N(C)Cc3ccccc3)cc2)sc2cc(F)cc(F)c21. The first kappa shape index (κ1) is 27.3. The van der Waals surface area contributed by atoms with Crippen molar-refractivity contribution in [2.75, 3.05) is 13.7 Å². The zero-order valence-corrected chi connectivity index (χ0v) is 22.1. The Morgan fingerprint density at radius 1 is 1.05 bits per heavy atom. The van der Waals surface area contributed by atoms with Crippen molar-refractivity contribution < 1.29 is 31.5 Å². The van der Waals surface area contributed by atoms with Crippen molar-refractivity contribution in [1.29, 1.82) is 0 Å². The van der Waals surface area contributed by atoms with Gasteiger partial charge in [0.2, 0.25) is 10.0 Å². The zero-order chi connectivity index (χ0) is 27.4. The third-order valence-corrected chi connectivity index (χ3v) is 8.39. The first-order valence-electron chi connectivity index (χ1n) is 11.4. The van der Waals surface area contributed by atoms with E-state index < -0.39 is 40.1 Å². The molecule has 0 saturated carbocycles. The van der Waals surface area contributed by atoms with Gasteiger partial charge in [0.25, 0.3) is 5.91 Å². The maximum Gasteiger partial charge on any atom is 0.326 e. The average molecular weight is 560 g/mol. The second-order valence-electron chi connectivity index (χ2n) is 8.20. The zero-order valence-electron chi connectivity index (χ0n) is 20.4. The van der Waals surface area contributed by atoms with Crippen LogP contribution in [0.2, 0.25) is 0 Å². The summed E-state index contributed by atoms with van der Waals surface area (Å²) in [4.78, 5) is 29.0. The van der Waals surface area contributed by atoms with Gasteiger partial charge in [-0.3, -0.25) is 9.59 Å². The Morgan fingerprint density at radius 2 is 1.74 bits per heavy atom. The molecule has 12 heteroatoms. The van der Waals surface area contributed by atoms with E-state index in [4.69, 9.17) is 4.74 Å². The summed E-state index contributed by atoms with van der Waals surface area (Å²) < 4.78 is 61.8. The van der Waals surface area contributed by atoms with Crippen LogP contribution in [0.25, 0.3) is 10.2 Å². The number of sulfonamides is 1. The van der Waals surface area contributed by atoms with E-state index in [-0.39, 0.29) is 38.6 Å². The molecule has 4 aromatic rings. The molecule has 1 heterocycles. The standard InChI is InChI=1S/C26H23F2N3O5S2/c1-3-36-23(32)16-31-24-21(28)13-19(27)14-22(24)37-26(31)29-25(33)18-9-11-20(12-10-18)38(34,35)30(2)15-17-7-5-4-6-8-17/h4-14H,3,15-16H2,1-2H3. The van der Waals surface area contributed by atoms with Crippen molar-refractivity contribution in [2.24, 2.45) is 4.99 Å². The molecule has 0 fully saturated rings. The number of thiazole rings is 1. The first-order valence-corrected chi connectivity index (χ1v) is 13.7. The Hall–Kier alpha value is -3.74. The summed E-state index contributed by atoms with van der Waals surface area (Å²) in [6.45, 7) is 1.44. The number of halogens is 2. The van der Waals surface area contributed by atoms with E-state index in [0.29, 0.717) is 6.07 Å². The number of esters is 1. The van der Waals surface area contributed by atoms with Crippen molar-refractivity contribution in [3.63, 3.8) is 0 Å². The van der Waals surface area contributed by atoms with Crippen LogP contribution in [-0.2, 0) is 32.6 Å². The minimum absolute atomic E-state index is 0.00994. The Morgan fingerprint density at radius 3 is 2.39 bits per heavy atom. The van der Waals surface area contributed by atoms with Gasteiger partial charge in [-0.1, -0.05) is 41.7 Å². The van der Waals surface area contributed by atoms with Gasteiger partial charge < -0.3 is 9.30 Å². The van der Waals surface area contributed by atoms with Crippen LogP contribution in [-0.4, -0.2) is 42.8 Å². The summed E-state index contributed by atoms with van der Waals surface area (Å²) in [5.41, 5.74) is 0.806. The number of hydrogen-bond donors (Lipinski definition) is 0. The van der Waals surface area contributed by atoms with Crippen molar-refractivity contribution in [2.45, 2.75) is 24.9 Å². The van der Waals surface area contributed by atoms with Gasteiger partial charge in [0.15, 0.2) is 10.6 Å². The number of amides is 1. The number of carbonyl (C=O) groups is 2. The smallest absolute Gasteiger partial charge is 0.326 e. The van der Waals surface area contributed by atoms with Gasteiger partial charge in [-0.15, -0.1) is 0 Å². The second kappa shape index (κ2) is 11.3. The number of carbonyl (C=O) groups excluding carboxylic acids is 2. The minimum Gasteiger partial charge on any atom is -0.465 e. The molecule has 3 aromatic carbocycles. The van der Waals surface area contributed by atoms with Gasteiger partial charge in [0, 0.05) is 25.2 Å². The predicted octanol–water partition coefficient (Wildman–Crippen LogP) is 4.11. The molecular formula is C26H23F2N3O5S2. The van der Waals surface area contributed by atoms with E-state index in [1.807, 2.05) is 30.3 Å². The molecule has 198 valence electrons. The molecule has 0 aliphatic rings. The van der Waals surface area contributed by atoms with E-state index in [1.54, 1.807) is 6.92 Å². The highest BCUT2D eigenvalue weighted by Crippen LogP contribution is 2.23. The van der Waals surface area contributed by atoms with Crippen LogP contribution in [0.1, 0.15) is 22.8 Å². The van der Waals surface area contributed by atoms with Crippen LogP contribution >= 0.6 is 11.3 Å². The van der Waals surface area contributed by atoms with Crippen LogP contribution in [0.4, 0.5) is 8.78 Å². The maximum absolute atomic E-state index is 14.6. The lowest BCUT2D eigenvalue weighted by Crippen LogP contribution is -2.26. The van der Waals surface area contributed by atoms with Gasteiger partial charge >= 0.3 is 5.97 Å². The number of rotatable bonds is 8. The van der Waals surface area contributed by atoms with E-state index in [2.05, 4.69) is 4.99 Å². The van der Waals surface area contributed by atoms with Crippen molar-refractivity contribution >= 4 is 43.5 Å². The van der Waals surface area contributed by atoms with Gasteiger partial charge in [-0.05, 0) is 42.8 Å². The summed E-state index contributed by atoms with van der Waals surface area (Å²) in [7, 11) is -2.37. The molecule has 0 aliphatic carbocycles. The predicted molar refractivity (Wildman–Crippen MR) is 138 cm³/mol. The fourth-order valence-electron chi connectivity index (χ4n) is 3.72. The Balaban J connectivity index is 1.65. The fraction of sp³-hybridized carbons (Fsp3) is 0.192. The summed E-state index contributed by atoms with van der Waals surface area (Å²) >= 11 is 0.833. The highest BCUT2D eigenvalue weighted by molar-refractivity contribution is 7.89. The third-order valence-electron chi connectivity index (χ3n) is 5.54. The Bertz CT molecular complexity index is 1670. The molecule has 0 N–H and O–H groups in total. The number of nitrogens with zero attached hydrogens (tertiary/aromatic N) is 3. The lowest BCUT2D eigenvalue weighted by Gasteiger charge is -2.17. The van der Waals surface area contributed by atoms with E-state index in [1.165, 1.54) is 35.6 Å². The lowest BCUT2D eigenvalue weighted by molar-refractivity contribution is -0.143. The maximum atomic E-state index is 14.6. The number of fused-ring (bicyclic) bond motifs is 1. The van der Waals surface area contributed by atoms with Crippen LogP contribution in [0, 0.1) is 11.6 Å². The van der Waals surface area contributed by atoms with Crippen LogP contribution in [0.5, 0.6) is 0 Å². The molecule has 0 saturated heterocycles. The molecule has 38 heavy (non-hydrogen) atoms. The monoisotopic (exact) mass is 559 g/mol. The quantitative estimate of drug-likeness (QED) is 0.303. The van der Waals surface area contributed by atoms with Crippen LogP contribution in [0.3, 0.4) is 0 Å². The van der Waals surface area contributed by atoms with Gasteiger partial charge in [-0.25, -0.2) is 17.2 Å². The van der Waals surface area contributed by atoms with E-state index in [9.17, 15) is 26.8 Å². The van der Waals surface area contributed by atoms with Crippen LogP contribution < -0.4 is 4.80 Å². The molecule has 0 atom stereocenters. The van der Waals surface area contributed by atoms with E-state index in [0.717, 1.165) is 27.5 Å². The van der Waals surface area contributed by atoms with Crippen molar-refractivity contribution in [3.8, 4) is 0 Å². The summed E-state index contributed by atoms with van der Waals surface area (Å²) in [5, 5.41) is 0. The lowest BCUT2D eigenvalue weighted by atomic mass is 10.2. The Labute approximate surface area is 221 Å². The molecule has 1 amide bonds. The van der Waals surface area contributed by atoms with Gasteiger partial charge in [0.05, 0.1) is 21.7 Å². The number of ether oxygens (including phenoxy) is 1. The summed E-state index contributed by atoms with van der Waals surface area (Å²) in [6.07, 6.45) is 0. The number of benzene rings is 3. The fourth-order valence-corrected chi connectivity index (χ4v) is 5.95. The largest absolute Gasteiger partial charge is 0.465 e. The summed E-state index contributed by atoms with van der Waals surface area (Å²) in [6, 6.07) is 16.1. The number of aromatic nitrogens is 1. The second-order valence-corrected chi connectivity index (χ2v) is 11.3. The Kier molecular flexibility index (Phi) is 8.14. The molecule has 4 rings (SSSR count). The topological polar surface area (TPSA) is 98.0 Å². The van der Waals surface area contributed by atoms with Gasteiger partial charge in [0.1, 0.15) is 12.4 Å². The minimum atomic E-state index is -3.83. The third kappa shape index (κ3) is 5.87. The van der Waals surface area contributed by atoms with Crippen molar-refractivity contribution in [3.05, 3.63) is 94.3 Å². The highest BCUT2D eigenvalue weighted by Gasteiger charge is 2.22. The molecule has 8 nitrogen and oxygen atoms in total. The van der Waals surface area contributed by atoms with Crippen LogP contribution in [0.15, 0.2) is 76.6 Å². The van der Waals surface area contributed by atoms with E-state index >= 15 is 0 Å². The summed E-state index contributed by atoms with van der Waals surface area (Å²) in [5.74, 6) is -3.16. The molecule has 0 radical (unpaired) electrons. The molecule has 0 unspecified atom stereocenters. The molecule has 0 bridgehead atoms. The molecular weight excluding hydrogens is 536 g/mol. The number of hydrogen-bond acceptors (Lipinski definition) is 6. The highest BCUT2D eigenvalue weighted by atomic mass is 32.2. The normalized spacial score (nSPS) is 12.3. The van der Waals surface area contributed by atoms with Gasteiger partial charge in [-0.2, -0.15) is 9.30 Å².